The SMILES string of the molecule is Cc1c([C@@H]2[C@@H](C(=O)N3CCCc4occc4C3)CC(=O)N2C)cnn1C. The summed E-state index contributed by atoms with van der Waals surface area (Å²) in [4.78, 5) is 29.4. The van der Waals surface area contributed by atoms with Crippen LogP contribution < -0.4 is 0 Å². The van der Waals surface area contributed by atoms with Crippen LogP contribution in [0.1, 0.15) is 41.5 Å². The van der Waals surface area contributed by atoms with Gasteiger partial charge in [-0.25, -0.2) is 0 Å². The van der Waals surface area contributed by atoms with E-state index in [2.05, 4.69) is 5.10 Å². The van der Waals surface area contributed by atoms with E-state index in [0.29, 0.717) is 13.1 Å². The van der Waals surface area contributed by atoms with E-state index < -0.39 is 0 Å². The Hall–Kier alpha value is -2.57. The van der Waals surface area contributed by atoms with Gasteiger partial charge in [0.2, 0.25) is 11.8 Å². The Morgan fingerprint density at radius 2 is 2.15 bits per heavy atom. The first-order chi connectivity index (χ1) is 12.5. The first-order valence-corrected chi connectivity index (χ1v) is 9.05. The molecule has 0 radical (unpaired) electrons. The van der Waals surface area contributed by atoms with Crippen LogP contribution in [0, 0.1) is 12.8 Å². The molecular formula is C19H24N4O3. The number of furan rings is 1. The molecule has 0 aromatic carbocycles. The summed E-state index contributed by atoms with van der Waals surface area (Å²) < 4.78 is 7.31. The molecule has 2 atom stereocenters. The van der Waals surface area contributed by atoms with E-state index in [1.807, 2.05) is 24.9 Å². The quantitative estimate of drug-likeness (QED) is 0.823. The molecule has 0 aliphatic carbocycles. The van der Waals surface area contributed by atoms with E-state index in [4.69, 9.17) is 4.42 Å². The monoisotopic (exact) mass is 356 g/mol. The third-order valence-electron chi connectivity index (χ3n) is 5.84. The summed E-state index contributed by atoms with van der Waals surface area (Å²) in [6, 6.07) is 1.69. The van der Waals surface area contributed by atoms with Crippen molar-refractivity contribution in [2.45, 2.75) is 38.8 Å². The molecule has 0 spiro atoms. The zero-order chi connectivity index (χ0) is 18.4. The minimum atomic E-state index is -0.371. The number of rotatable bonds is 2. The number of fused-ring (bicyclic) bond motifs is 1. The van der Waals surface area contributed by atoms with Crippen LogP contribution in [0.5, 0.6) is 0 Å². The Kier molecular flexibility index (Phi) is 4.09. The summed E-state index contributed by atoms with van der Waals surface area (Å²) in [6.45, 7) is 3.22. The molecule has 0 N–H and O–H groups in total. The Bertz CT molecular complexity index is 853. The van der Waals surface area contributed by atoms with Gasteiger partial charge in [-0.3, -0.25) is 14.3 Å². The second-order valence-corrected chi connectivity index (χ2v) is 7.30. The van der Waals surface area contributed by atoms with E-state index in [-0.39, 0.29) is 30.2 Å². The molecule has 0 saturated carbocycles. The Labute approximate surface area is 152 Å². The van der Waals surface area contributed by atoms with E-state index >= 15 is 0 Å². The lowest BCUT2D eigenvalue weighted by molar-refractivity contribution is -0.137. The highest BCUT2D eigenvalue weighted by Gasteiger charge is 2.45. The molecule has 7 heteroatoms. The summed E-state index contributed by atoms with van der Waals surface area (Å²) in [5, 5.41) is 4.31. The van der Waals surface area contributed by atoms with E-state index in [9.17, 15) is 9.59 Å². The van der Waals surface area contributed by atoms with Gasteiger partial charge in [-0.05, 0) is 19.4 Å². The zero-order valence-electron chi connectivity index (χ0n) is 15.4. The normalized spacial score (nSPS) is 23.3. The lowest BCUT2D eigenvalue weighted by Gasteiger charge is -2.29. The van der Waals surface area contributed by atoms with Gasteiger partial charge in [0.05, 0.1) is 24.4 Å². The third kappa shape index (κ3) is 2.62. The molecule has 4 heterocycles. The molecule has 2 aromatic rings. The molecule has 2 aliphatic rings. The lowest BCUT2D eigenvalue weighted by atomic mass is 9.92. The van der Waals surface area contributed by atoms with Gasteiger partial charge in [0.25, 0.3) is 0 Å². The van der Waals surface area contributed by atoms with Crippen molar-refractivity contribution < 1.29 is 14.0 Å². The van der Waals surface area contributed by atoms with Crippen LogP contribution in [0.3, 0.4) is 0 Å². The van der Waals surface area contributed by atoms with Crippen LogP contribution in [0.25, 0.3) is 0 Å². The van der Waals surface area contributed by atoms with Crippen LogP contribution in [-0.2, 0) is 29.6 Å². The highest BCUT2D eigenvalue weighted by molar-refractivity contribution is 5.90. The van der Waals surface area contributed by atoms with Crippen molar-refractivity contribution in [2.24, 2.45) is 13.0 Å². The first kappa shape index (κ1) is 16.9. The number of amides is 2. The van der Waals surface area contributed by atoms with Gasteiger partial charge in [-0.15, -0.1) is 0 Å². The Morgan fingerprint density at radius 1 is 1.35 bits per heavy atom. The molecular weight excluding hydrogens is 332 g/mol. The molecule has 4 rings (SSSR count). The zero-order valence-corrected chi connectivity index (χ0v) is 15.4. The number of carbonyl (C=O) groups excluding carboxylic acids is 2. The topological polar surface area (TPSA) is 71.6 Å². The molecule has 0 bridgehead atoms. The maximum atomic E-state index is 13.4. The molecule has 26 heavy (non-hydrogen) atoms. The van der Waals surface area contributed by atoms with E-state index in [1.54, 1.807) is 29.1 Å². The largest absolute Gasteiger partial charge is 0.469 e. The van der Waals surface area contributed by atoms with Crippen molar-refractivity contribution in [3.63, 3.8) is 0 Å². The van der Waals surface area contributed by atoms with Gasteiger partial charge >= 0.3 is 0 Å². The summed E-state index contributed by atoms with van der Waals surface area (Å²) >= 11 is 0. The van der Waals surface area contributed by atoms with Crippen LogP contribution in [0.4, 0.5) is 0 Å². The van der Waals surface area contributed by atoms with Gasteiger partial charge in [-0.1, -0.05) is 0 Å². The van der Waals surface area contributed by atoms with Gasteiger partial charge in [0.15, 0.2) is 0 Å². The van der Waals surface area contributed by atoms with Crippen molar-refractivity contribution in [3.05, 3.63) is 41.1 Å². The van der Waals surface area contributed by atoms with Crippen LogP contribution in [-0.4, -0.2) is 45.0 Å². The van der Waals surface area contributed by atoms with Crippen molar-refractivity contribution in [2.75, 3.05) is 13.6 Å². The minimum absolute atomic E-state index is 0.00965. The average Bonchev–Trinajstić information content (AvgIpc) is 3.23. The average molecular weight is 356 g/mol. The summed E-state index contributed by atoms with van der Waals surface area (Å²) in [5.74, 6) is 0.656. The molecule has 1 fully saturated rings. The highest BCUT2D eigenvalue weighted by atomic mass is 16.3. The maximum absolute atomic E-state index is 13.4. The number of hydrogen-bond acceptors (Lipinski definition) is 4. The van der Waals surface area contributed by atoms with Crippen molar-refractivity contribution in [3.8, 4) is 0 Å². The molecule has 2 amide bonds. The second-order valence-electron chi connectivity index (χ2n) is 7.30. The third-order valence-corrected chi connectivity index (χ3v) is 5.84. The van der Waals surface area contributed by atoms with Gasteiger partial charge in [-0.2, -0.15) is 5.10 Å². The predicted molar refractivity (Wildman–Crippen MR) is 94.0 cm³/mol. The van der Waals surface area contributed by atoms with Crippen molar-refractivity contribution in [1.82, 2.24) is 19.6 Å². The number of aromatic nitrogens is 2. The molecule has 2 aliphatic heterocycles. The molecule has 7 nitrogen and oxygen atoms in total. The molecule has 2 aromatic heterocycles. The van der Waals surface area contributed by atoms with E-state index in [1.165, 1.54) is 0 Å². The van der Waals surface area contributed by atoms with Crippen LogP contribution >= 0.6 is 0 Å². The van der Waals surface area contributed by atoms with Gasteiger partial charge in [0, 0.05) is 56.8 Å². The fraction of sp³-hybridized carbons (Fsp3) is 0.526. The van der Waals surface area contributed by atoms with Crippen LogP contribution in [0.15, 0.2) is 22.9 Å². The van der Waals surface area contributed by atoms with Gasteiger partial charge in [0.1, 0.15) is 5.76 Å². The lowest BCUT2D eigenvalue weighted by Crippen LogP contribution is -2.38. The molecule has 1 saturated heterocycles. The van der Waals surface area contributed by atoms with Gasteiger partial charge < -0.3 is 14.2 Å². The predicted octanol–water partition coefficient (Wildman–Crippen LogP) is 1.82. The summed E-state index contributed by atoms with van der Waals surface area (Å²) in [6.07, 6.45) is 5.45. The number of nitrogens with zero attached hydrogens (tertiary/aromatic N) is 4. The smallest absolute Gasteiger partial charge is 0.228 e. The fourth-order valence-electron chi connectivity index (χ4n) is 4.19. The van der Waals surface area contributed by atoms with Crippen LogP contribution in [0.2, 0.25) is 0 Å². The first-order valence-electron chi connectivity index (χ1n) is 9.05. The Morgan fingerprint density at radius 3 is 2.88 bits per heavy atom. The standard InChI is InChI=1S/C19H24N4O3/c1-12-15(10-20-22(12)3)18-14(9-17(24)21(18)2)19(25)23-7-4-5-16-13(11-23)6-8-26-16/h6,8,10,14,18H,4-5,7,9,11H2,1-3H3/t14-,18-/m0/s1. The number of hydrogen-bond donors (Lipinski definition) is 0. The fourth-order valence-corrected chi connectivity index (χ4v) is 4.19. The summed E-state index contributed by atoms with van der Waals surface area (Å²) in [5.41, 5.74) is 3.02. The second kappa shape index (κ2) is 6.30. The van der Waals surface area contributed by atoms with Crippen molar-refractivity contribution >= 4 is 11.8 Å². The number of aryl methyl sites for hydroxylation is 2. The number of carbonyl (C=O) groups is 2. The van der Waals surface area contributed by atoms with Crippen molar-refractivity contribution in [1.29, 1.82) is 0 Å². The minimum Gasteiger partial charge on any atom is -0.469 e. The summed E-state index contributed by atoms with van der Waals surface area (Å²) in [7, 11) is 3.66. The highest BCUT2D eigenvalue weighted by Crippen LogP contribution is 2.39. The maximum Gasteiger partial charge on any atom is 0.228 e. The number of likely N-dealkylation sites (tertiary alicyclic amines) is 1. The molecule has 0 unspecified atom stereocenters. The van der Waals surface area contributed by atoms with E-state index in [0.717, 1.165) is 35.4 Å². The Balaban J connectivity index is 1.63. The molecule has 138 valence electrons.